The van der Waals surface area contributed by atoms with Crippen LogP contribution >= 0.6 is 0 Å². The summed E-state index contributed by atoms with van der Waals surface area (Å²) in [5, 5.41) is 31.5. The molecule has 3 rings (SSSR count). The lowest BCUT2D eigenvalue weighted by atomic mass is 10.0. The Morgan fingerprint density at radius 2 is 1.45 bits per heavy atom. The van der Waals surface area contributed by atoms with Crippen LogP contribution < -0.4 is 5.32 Å². The van der Waals surface area contributed by atoms with Crippen molar-refractivity contribution in [1.82, 2.24) is 0 Å². The molecule has 0 spiro atoms. The topological polar surface area (TPSA) is 116 Å². The first-order chi connectivity index (χ1) is 13.9. The van der Waals surface area contributed by atoms with Crippen molar-refractivity contribution in [2.75, 3.05) is 5.32 Å². The van der Waals surface area contributed by atoms with Gasteiger partial charge in [0.1, 0.15) is 29.4 Å². The Hall–Kier alpha value is -4.00. The van der Waals surface area contributed by atoms with Gasteiger partial charge in [-0.25, -0.2) is 4.79 Å². The number of rotatable bonds is 6. The van der Waals surface area contributed by atoms with Gasteiger partial charge in [-0.2, -0.15) is 0 Å². The average Bonchev–Trinajstić information content (AvgIpc) is 2.68. The summed E-state index contributed by atoms with van der Waals surface area (Å²) in [6.07, 6.45) is -0.679. The standard InChI is InChI=1S/C22H19NO6/c24-17-11-19(26)21(20(27)12-17)18(25)10-14-6-8-16(9-7-14)23-22(28)29-13-15-4-2-1-3-5-15/h1-9,11-12,24,26-27H,10,13H2,(H,23,28). The second kappa shape index (κ2) is 8.79. The number of carbonyl (C=O) groups is 2. The van der Waals surface area contributed by atoms with Crippen molar-refractivity contribution in [2.24, 2.45) is 0 Å². The Balaban J connectivity index is 1.57. The minimum Gasteiger partial charge on any atom is -0.508 e. The van der Waals surface area contributed by atoms with Crippen LogP contribution in [0.15, 0.2) is 66.7 Å². The summed E-state index contributed by atoms with van der Waals surface area (Å²) in [7, 11) is 0. The van der Waals surface area contributed by atoms with E-state index in [-0.39, 0.29) is 24.3 Å². The number of ether oxygens (including phenoxy) is 1. The number of Topliss-reactive ketones (excluding diaryl/α,β-unsaturated/α-hetero) is 1. The van der Waals surface area contributed by atoms with Gasteiger partial charge in [0.2, 0.25) is 0 Å². The van der Waals surface area contributed by atoms with Gasteiger partial charge in [0.15, 0.2) is 5.78 Å². The van der Waals surface area contributed by atoms with Crippen molar-refractivity contribution in [3.63, 3.8) is 0 Å². The highest BCUT2D eigenvalue weighted by molar-refractivity contribution is 6.02. The van der Waals surface area contributed by atoms with Crippen LogP contribution in [0.4, 0.5) is 10.5 Å². The Morgan fingerprint density at radius 1 is 0.828 bits per heavy atom. The van der Waals surface area contributed by atoms with Crippen LogP contribution in [-0.4, -0.2) is 27.2 Å². The molecule has 0 saturated heterocycles. The minimum absolute atomic E-state index is 0.0787. The quantitative estimate of drug-likeness (QED) is 0.471. The second-order valence-electron chi connectivity index (χ2n) is 6.34. The van der Waals surface area contributed by atoms with Gasteiger partial charge in [-0.05, 0) is 23.3 Å². The number of phenolic OH excluding ortho intramolecular Hbond substituents is 3. The van der Waals surface area contributed by atoms with E-state index >= 15 is 0 Å². The van der Waals surface area contributed by atoms with Crippen LogP contribution in [0.25, 0.3) is 0 Å². The van der Waals surface area contributed by atoms with Crippen LogP contribution in [0, 0.1) is 0 Å². The lowest BCUT2D eigenvalue weighted by Gasteiger charge is -2.09. The molecule has 0 aliphatic rings. The molecule has 0 atom stereocenters. The predicted octanol–water partition coefficient (Wildman–Crippen LogP) is 3.98. The number of hydrogen-bond acceptors (Lipinski definition) is 6. The summed E-state index contributed by atoms with van der Waals surface area (Å²) in [6.45, 7) is 0.152. The molecule has 148 valence electrons. The summed E-state index contributed by atoms with van der Waals surface area (Å²) in [4.78, 5) is 24.2. The van der Waals surface area contributed by atoms with Crippen LogP contribution in [0.5, 0.6) is 17.2 Å². The van der Waals surface area contributed by atoms with Crippen LogP contribution in [0.1, 0.15) is 21.5 Å². The average molecular weight is 393 g/mol. The Labute approximate surface area is 166 Å². The largest absolute Gasteiger partial charge is 0.508 e. The molecular formula is C22H19NO6. The third-order valence-electron chi connectivity index (χ3n) is 4.14. The van der Waals surface area contributed by atoms with Crippen molar-refractivity contribution < 1.29 is 29.6 Å². The minimum atomic E-state index is -0.600. The monoisotopic (exact) mass is 393 g/mol. The maximum atomic E-state index is 12.4. The Morgan fingerprint density at radius 3 is 2.07 bits per heavy atom. The number of aromatic hydroxyl groups is 3. The Kier molecular flexibility index (Phi) is 5.99. The maximum Gasteiger partial charge on any atom is 0.411 e. The fourth-order valence-electron chi connectivity index (χ4n) is 2.74. The molecule has 3 aromatic carbocycles. The van der Waals surface area contributed by atoms with Gasteiger partial charge in [0.25, 0.3) is 0 Å². The van der Waals surface area contributed by atoms with Crippen molar-refractivity contribution in [2.45, 2.75) is 13.0 Å². The second-order valence-corrected chi connectivity index (χ2v) is 6.34. The predicted molar refractivity (Wildman–Crippen MR) is 106 cm³/mol. The molecule has 0 heterocycles. The van der Waals surface area contributed by atoms with Crippen molar-refractivity contribution >= 4 is 17.6 Å². The zero-order chi connectivity index (χ0) is 20.8. The lowest BCUT2D eigenvalue weighted by molar-refractivity contribution is 0.0987. The van der Waals surface area contributed by atoms with E-state index in [1.54, 1.807) is 24.3 Å². The lowest BCUT2D eigenvalue weighted by Crippen LogP contribution is -2.13. The third-order valence-corrected chi connectivity index (χ3v) is 4.14. The van der Waals surface area contributed by atoms with E-state index in [0.29, 0.717) is 11.3 Å². The summed E-state index contributed by atoms with van der Waals surface area (Å²) in [6, 6.07) is 17.8. The number of benzene rings is 3. The molecule has 0 bridgehead atoms. The number of hydrogen-bond donors (Lipinski definition) is 4. The molecule has 0 saturated carbocycles. The maximum absolute atomic E-state index is 12.4. The highest BCUT2D eigenvalue weighted by Gasteiger charge is 2.18. The van der Waals surface area contributed by atoms with Gasteiger partial charge in [-0.3, -0.25) is 10.1 Å². The van der Waals surface area contributed by atoms with E-state index in [0.717, 1.165) is 17.7 Å². The van der Waals surface area contributed by atoms with Gasteiger partial charge in [-0.15, -0.1) is 0 Å². The van der Waals surface area contributed by atoms with E-state index in [1.165, 1.54) is 0 Å². The van der Waals surface area contributed by atoms with E-state index < -0.39 is 23.4 Å². The first-order valence-electron chi connectivity index (χ1n) is 8.77. The molecule has 7 nitrogen and oxygen atoms in total. The van der Waals surface area contributed by atoms with Gasteiger partial charge >= 0.3 is 6.09 Å². The molecule has 0 aliphatic heterocycles. The fraction of sp³-hybridized carbons (Fsp3) is 0.0909. The molecule has 7 heteroatoms. The summed E-state index contributed by atoms with van der Waals surface area (Å²) in [5.74, 6) is -1.84. The molecule has 29 heavy (non-hydrogen) atoms. The van der Waals surface area contributed by atoms with Crippen molar-refractivity contribution in [1.29, 1.82) is 0 Å². The highest BCUT2D eigenvalue weighted by atomic mass is 16.5. The molecule has 3 aromatic rings. The number of anilines is 1. The van der Waals surface area contributed by atoms with Gasteiger partial charge in [-0.1, -0.05) is 42.5 Å². The van der Waals surface area contributed by atoms with E-state index in [1.807, 2.05) is 30.3 Å². The van der Waals surface area contributed by atoms with Gasteiger partial charge < -0.3 is 20.1 Å². The number of carbonyl (C=O) groups excluding carboxylic acids is 2. The summed E-state index contributed by atoms with van der Waals surface area (Å²) < 4.78 is 5.14. The van der Waals surface area contributed by atoms with Crippen molar-refractivity contribution in [3.05, 3.63) is 83.4 Å². The van der Waals surface area contributed by atoms with Gasteiger partial charge in [0.05, 0.1) is 0 Å². The summed E-state index contributed by atoms with van der Waals surface area (Å²) >= 11 is 0. The SMILES string of the molecule is O=C(Nc1ccc(CC(=O)c2c(O)cc(O)cc2O)cc1)OCc1ccccc1. The normalized spacial score (nSPS) is 10.3. The zero-order valence-corrected chi connectivity index (χ0v) is 15.3. The first kappa shape index (κ1) is 19.8. The van der Waals surface area contributed by atoms with Crippen LogP contribution in [0.2, 0.25) is 0 Å². The summed E-state index contributed by atoms with van der Waals surface area (Å²) in [5.41, 5.74) is 1.73. The molecule has 0 unspecified atom stereocenters. The van der Waals surface area contributed by atoms with Crippen LogP contribution in [-0.2, 0) is 17.8 Å². The first-order valence-corrected chi connectivity index (χ1v) is 8.77. The molecule has 0 fully saturated rings. The van der Waals surface area contributed by atoms with E-state index in [2.05, 4.69) is 5.32 Å². The number of phenols is 3. The molecule has 4 N–H and O–H groups in total. The molecule has 0 aliphatic carbocycles. The molecular weight excluding hydrogens is 374 g/mol. The van der Waals surface area contributed by atoms with E-state index in [4.69, 9.17) is 4.74 Å². The van der Waals surface area contributed by atoms with Crippen LogP contribution in [0.3, 0.4) is 0 Å². The van der Waals surface area contributed by atoms with Gasteiger partial charge in [0, 0.05) is 24.2 Å². The number of nitrogens with one attached hydrogen (secondary N) is 1. The number of amides is 1. The Bertz CT molecular complexity index is 992. The smallest absolute Gasteiger partial charge is 0.411 e. The third kappa shape index (κ3) is 5.26. The molecule has 1 amide bonds. The van der Waals surface area contributed by atoms with Crippen molar-refractivity contribution in [3.8, 4) is 17.2 Å². The molecule has 0 radical (unpaired) electrons. The van der Waals surface area contributed by atoms with E-state index in [9.17, 15) is 24.9 Å². The fourth-order valence-corrected chi connectivity index (χ4v) is 2.74. The zero-order valence-electron chi connectivity index (χ0n) is 15.3. The molecule has 0 aromatic heterocycles. The number of ketones is 1. The highest BCUT2D eigenvalue weighted by Crippen LogP contribution is 2.32.